The van der Waals surface area contributed by atoms with E-state index in [-0.39, 0.29) is 11.3 Å². The zero-order chi connectivity index (χ0) is 12.8. The van der Waals surface area contributed by atoms with Crippen molar-refractivity contribution >= 4 is 28.5 Å². The van der Waals surface area contributed by atoms with Crippen LogP contribution in [0.1, 0.15) is 20.8 Å². The summed E-state index contributed by atoms with van der Waals surface area (Å²) < 4.78 is 0.736. The van der Waals surface area contributed by atoms with Gasteiger partial charge in [0.2, 0.25) is 5.91 Å². The summed E-state index contributed by atoms with van der Waals surface area (Å²) in [5, 5.41) is 0. The number of likely N-dealkylation sites (N-methyl/N-ethyl adjacent to an activating group) is 1. The van der Waals surface area contributed by atoms with Crippen molar-refractivity contribution < 1.29 is 4.79 Å². The van der Waals surface area contributed by atoms with E-state index in [0.717, 1.165) is 17.6 Å². The molecule has 94 valence electrons. The van der Waals surface area contributed by atoms with E-state index >= 15 is 0 Å². The summed E-state index contributed by atoms with van der Waals surface area (Å²) in [6.07, 6.45) is 3.58. The minimum atomic E-state index is 0.103. The molecule has 16 heavy (non-hydrogen) atoms. The lowest BCUT2D eigenvalue weighted by molar-refractivity contribution is -0.126. The molecule has 0 atom stereocenters. The van der Waals surface area contributed by atoms with Crippen molar-refractivity contribution in [1.82, 2.24) is 9.80 Å². The summed E-state index contributed by atoms with van der Waals surface area (Å²) in [4.78, 5) is 15.7. The molecule has 1 amide bonds. The fourth-order valence-electron chi connectivity index (χ4n) is 1.22. The van der Waals surface area contributed by atoms with Crippen LogP contribution in [0, 0.1) is 5.41 Å². The number of rotatable bonds is 5. The molecule has 0 N–H and O–H groups in total. The predicted molar refractivity (Wildman–Crippen MR) is 77.7 cm³/mol. The molecule has 0 saturated carbocycles. The Morgan fingerprint density at radius 1 is 1.31 bits per heavy atom. The normalized spacial score (nSPS) is 12.4. The van der Waals surface area contributed by atoms with Crippen molar-refractivity contribution in [2.24, 2.45) is 5.41 Å². The molecule has 0 aromatic carbocycles. The maximum atomic E-state index is 11.8. The number of carbonyl (C=O) groups is 1. The number of hydrogen-bond acceptors (Lipinski definition) is 2. The fraction of sp³-hybridized carbons (Fsp3) is 0.750. The van der Waals surface area contributed by atoms with Gasteiger partial charge in [-0.3, -0.25) is 4.79 Å². The van der Waals surface area contributed by atoms with E-state index < -0.39 is 0 Å². The van der Waals surface area contributed by atoms with Crippen molar-refractivity contribution in [2.75, 3.05) is 31.7 Å². The third kappa shape index (κ3) is 8.10. The Hall–Kier alpha value is -0.100. The van der Waals surface area contributed by atoms with E-state index in [4.69, 9.17) is 0 Å². The Morgan fingerprint density at radius 2 is 1.88 bits per heavy atom. The molecule has 3 nitrogen and oxygen atoms in total. The highest BCUT2D eigenvalue weighted by Crippen LogP contribution is 2.16. The Balaban J connectivity index is 4.27. The Bertz CT molecular complexity index is 244. The number of nitrogens with zero attached hydrogens (tertiary/aromatic N) is 2. The van der Waals surface area contributed by atoms with Crippen LogP contribution in [0.3, 0.4) is 0 Å². The van der Waals surface area contributed by atoms with Gasteiger partial charge in [0.1, 0.15) is 0 Å². The van der Waals surface area contributed by atoms with Gasteiger partial charge < -0.3 is 9.80 Å². The molecule has 0 unspecified atom stereocenters. The fourth-order valence-corrected chi connectivity index (χ4v) is 1.80. The standard InChI is InChI=1S/C12H23IN2O/c1-12(2,3)9-15(10-13)11(16)7-6-8-14(4)5/h6-7H,8-10H2,1-5H3/b7-6+. The minimum absolute atomic E-state index is 0.103. The second-order valence-electron chi connectivity index (χ2n) is 5.38. The van der Waals surface area contributed by atoms with Gasteiger partial charge in [0.15, 0.2) is 0 Å². The van der Waals surface area contributed by atoms with E-state index in [2.05, 4.69) is 43.4 Å². The Kier molecular flexibility index (Phi) is 7.22. The van der Waals surface area contributed by atoms with Crippen LogP contribution < -0.4 is 0 Å². The summed E-state index contributed by atoms with van der Waals surface area (Å²) in [7, 11) is 3.97. The Morgan fingerprint density at radius 3 is 2.25 bits per heavy atom. The molecule has 0 fully saturated rings. The smallest absolute Gasteiger partial charge is 0.246 e. The first kappa shape index (κ1) is 15.9. The van der Waals surface area contributed by atoms with Crippen LogP contribution in [0.4, 0.5) is 0 Å². The summed E-state index contributed by atoms with van der Waals surface area (Å²) in [6.45, 7) is 8.02. The summed E-state index contributed by atoms with van der Waals surface area (Å²) in [5.74, 6) is 0.103. The van der Waals surface area contributed by atoms with Crippen LogP contribution in [0.5, 0.6) is 0 Å². The second kappa shape index (κ2) is 7.27. The third-order valence-electron chi connectivity index (χ3n) is 1.85. The van der Waals surface area contributed by atoms with Crippen LogP contribution in [0.2, 0.25) is 0 Å². The molecule has 0 aromatic heterocycles. The predicted octanol–water partition coefficient (Wildman–Crippen LogP) is 2.37. The highest BCUT2D eigenvalue weighted by molar-refractivity contribution is 14.1. The van der Waals surface area contributed by atoms with Gasteiger partial charge in [-0.2, -0.15) is 0 Å². The summed E-state index contributed by atoms with van der Waals surface area (Å²) in [5.41, 5.74) is 0.149. The van der Waals surface area contributed by atoms with Gasteiger partial charge in [-0.1, -0.05) is 49.4 Å². The largest absolute Gasteiger partial charge is 0.329 e. The van der Waals surface area contributed by atoms with Crippen molar-refractivity contribution in [3.05, 3.63) is 12.2 Å². The molecule has 0 aliphatic rings. The molecule has 0 bridgehead atoms. The van der Waals surface area contributed by atoms with Gasteiger partial charge in [0.05, 0.1) is 4.55 Å². The Labute approximate surface area is 113 Å². The van der Waals surface area contributed by atoms with Crippen LogP contribution in [0.25, 0.3) is 0 Å². The van der Waals surface area contributed by atoms with Gasteiger partial charge in [-0.25, -0.2) is 0 Å². The van der Waals surface area contributed by atoms with E-state index in [1.165, 1.54) is 0 Å². The number of carbonyl (C=O) groups excluding carboxylic acids is 1. The molecular weight excluding hydrogens is 315 g/mol. The lowest BCUT2D eigenvalue weighted by atomic mass is 9.96. The van der Waals surface area contributed by atoms with E-state index in [9.17, 15) is 4.79 Å². The van der Waals surface area contributed by atoms with E-state index in [1.807, 2.05) is 30.0 Å². The third-order valence-corrected chi connectivity index (χ3v) is 2.68. The topological polar surface area (TPSA) is 23.6 Å². The molecule has 0 radical (unpaired) electrons. The number of amides is 1. The van der Waals surface area contributed by atoms with Crippen LogP contribution in [0.15, 0.2) is 12.2 Å². The van der Waals surface area contributed by atoms with Crippen molar-refractivity contribution in [1.29, 1.82) is 0 Å². The molecular formula is C12H23IN2O. The highest BCUT2D eigenvalue weighted by atomic mass is 127. The molecule has 0 heterocycles. The maximum absolute atomic E-state index is 11.8. The quantitative estimate of drug-likeness (QED) is 0.333. The number of hydrogen-bond donors (Lipinski definition) is 0. The lowest BCUT2D eigenvalue weighted by Crippen LogP contribution is -2.35. The van der Waals surface area contributed by atoms with Crippen molar-refractivity contribution in [3.8, 4) is 0 Å². The first-order valence-corrected chi connectivity index (χ1v) is 6.95. The highest BCUT2D eigenvalue weighted by Gasteiger charge is 2.18. The average Bonchev–Trinajstić information content (AvgIpc) is 2.11. The molecule has 4 heteroatoms. The number of halogens is 1. The number of alkyl halides is 1. The maximum Gasteiger partial charge on any atom is 0.246 e. The summed E-state index contributed by atoms with van der Waals surface area (Å²) >= 11 is 2.23. The second-order valence-corrected chi connectivity index (χ2v) is 6.06. The molecule has 0 spiro atoms. The van der Waals surface area contributed by atoms with Crippen LogP contribution >= 0.6 is 22.6 Å². The first-order valence-electron chi connectivity index (χ1n) is 5.42. The van der Waals surface area contributed by atoms with Gasteiger partial charge in [0.25, 0.3) is 0 Å². The van der Waals surface area contributed by atoms with Gasteiger partial charge >= 0.3 is 0 Å². The summed E-state index contributed by atoms with van der Waals surface area (Å²) in [6, 6.07) is 0. The zero-order valence-electron chi connectivity index (χ0n) is 11.0. The molecule has 0 aliphatic heterocycles. The first-order chi connectivity index (χ1) is 7.26. The SMILES string of the molecule is CN(C)C/C=C/C(=O)N(CI)CC(C)(C)C. The zero-order valence-corrected chi connectivity index (χ0v) is 13.1. The van der Waals surface area contributed by atoms with Gasteiger partial charge in [-0.15, -0.1) is 0 Å². The van der Waals surface area contributed by atoms with Crippen molar-refractivity contribution in [2.45, 2.75) is 20.8 Å². The van der Waals surface area contributed by atoms with Gasteiger partial charge in [-0.05, 0) is 19.5 Å². The van der Waals surface area contributed by atoms with Crippen molar-refractivity contribution in [3.63, 3.8) is 0 Å². The molecule has 0 aromatic rings. The monoisotopic (exact) mass is 338 g/mol. The molecule has 0 saturated heterocycles. The molecule has 0 aliphatic carbocycles. The van der Waals surface area contributed by atoms with Crippen LogP contribution in [-0.4, -0.2) is 47.4 Å². The average molecular weight is 338 g/mol. The van der Waals surface area contributed by atoms with Crippen LogP contribution in [-0.2, 0) is 4.79 Å². The van der Waals surface area contributed by atoms with E-state index in [1.54, 1.807) is 6.08 Å². The minimum Gasteiger partial charge on any atom is -0.329 e. The van der Waals surface area contributed by atoms with Gasteiger partial charge in [0, 0.05) is 19.2 Å². The van der Waals surface area contributed by atoms with E-state index in [0.29, 0.717) is 0 Å². The lowest BCUT2D eigenvalue weighted by Gasteiger charge is -2.27. The molecule has 0 rings (SSSR count).